The maximum Gasteiger partial charge on any atom is 0.169 e. The molecule has 0 heterocycles. The van der Waals surface area contributed by atoms with Crippen molar-refractivity contribution in [2.45, 2.75) is 45.4 Å². The highest BCUT2D eigenvalue weighted by Crippen LogP contribution is 2.37. The number of hydrogen-bond acceptors (Lipinski definition) is 2. The molecule has 1 aliphatic carbocycles. The van der Waals surface area contributed by atoms with Crippen LogP contribution < -0.4 is 5.73 Å². The molecule has 98 valence electrons. The van der Waals surface area contributed by atoms with Gasteiger partial charge in [0.1, 0.15) is 0 Å². The van der Waals surface area contributed by atoms with E-state index in [0.29, 0.717) is 12.5 Å². The average Bonchev–Trinajstić information content (AvgIpc) is 2.35. The number of hydrogen-bond donors (Lipinski definition) is 1. The second-order valence-corrected chi connectivity index (χ2v) is 5.70. The highest BCUT2D eigenvalue weighted by atomic mass is 16.1. The van der Waals surface area contributed by atoms with E-state index in [1.54, 1.807) is 0 Å². The molecule has 1 aliphatic rings. The van der Waals surface area contributed by atoms with E-state index in [0.717, 1.165) is 12.0 Å². The molecule has 1 unspecified atom stereocenters. The highest BCUT2D eigenvalue weighted by molar-refractivity contribution is 6.00. The van der Waals surface area contributed by atoms with Crippen LogP contribution in [-0.2, 0) is 0 Å². The van der Waals surface area contributed by atoms with Crippen molar-refractivity contribution in [1.82, 2.24) is 0 Å². The van der Waals surface area contributed by atoms with Crippen LogP contribution in [0.5, 0.6) is 0 Å². The summed E-state index contributed by atoms with van der Waals surface area (Å²) in [4.78, 5) is 12.5. The Hall–Kier alpha value is -1.15. The summed E-state index contributed by atoms with van der Waals surface area (Å²) >= 11 is 0. The fourth-order valence-corrected chi connectivity index (χ4v) is 2.42. The number of benzene rings is 1. The predicted molar refractivity (Wildman–Crippen MR) is 74.8 cm³/mol. The molecule has 1 aromatic rings. The summed E-state index contributed by atoms with van der Waals surface area (Å²) in [7, 11) is 0. The minimum absolute atomic E-state index is 0.189. The summed E-state index contributed by atoms with van der Waals surface area (Å²) in [6, 6.07) is 8.16. The third-order valence-electron chi connectivity index (χ3n) is 4.50. The Kier molecular flexibility index (Phi) is 3.86. The summed E-state index contributed by atoms with van der Waals surface area (Å²) in [6.45, 7) is 4.40. The molecule has 1 atom stereocenters. The largest absolute Gasteiger partial charge is 0.329 e. The zero-order chi connectivity index (χ0) is 13.2. The van der Waals surface area contributed by atoms with Crippen LogP contribution in [0.15, 0.2) is 24.3 Å². The van der Waals surface area contributed by atoms with Crippen molar-refractivity contribution in [2.75, 3.05) is 6.54 Å². The Balaban J connectivity index is 2.24. The number of nitrogens with two attached hydrogens (primary N) is 1. The smallest absolute Gasteiger partial charge is 0.169 e. The molecule has 0 aromatic heterocycles. The van der Waals surface area contributed by atoms with Crippen molar-refractivity contribution in [2.24, 2.45) is 11.1 Å². The van der Waals surface area contributed by atoms with Gasteiger partial charge in [-0.25, -0.2) is 0 Å². The lowest BCUT2D eigenvalue weighted by molar-refractivity contribution is 0.0820. The van der Waals surface area contributed by atoms with E-state index in [9.17, 15) is 4.79 Å². The van der Waals surface area contributed by atoms with Gasteiger partial charge in [0.25, 0.3) is 0 Å². The molecule has 0 saturated heterocycles. The SMILES string of the molecule is CCC(C)(CN)C(=O)c1cccc(C2CCC2)c1. The fourth-order valence-electron chi connectivity index (χ4n) is 2.42. The van der Waals surface area contributed by atoms with Crippen molar-refractivity contribution in [3.8, 4) is 0 Å². The van der Waals surface area contributed by atoms with E-state index in [2.05, 4.69) is 12.1 Å². The topological polar surface area (TPSA) is 43.1 Å². The van der Waals surface area contributed by atoms with Crippen LogP contribution in [0.4, 0.5) is 0 Å². The van der Waals surface area contributed by atoms with Gasteiger partial charge in [0.15, 0.2) is 5.78 Å². The quantitative estimate of drug-likeness (QED) is 0.807. The lowest BCUT2D eigenvalue weighted by atomic mass is 9.77. The molecule has 18 heavy (non-hydrogen) atoms. The van der Waals surface area contributed by atoms with Gasteiger partial charge in [-0.3, -0.25) is 4.79 Å². The molecule has 2 rings (SSSR count). The van der Waals surface area contributed by atoms with Gasteiger partial charge in [0.05, 0.1) is 0 Å². The van der Waals surface area contributed by atoms with Crippen molar-refractivity contribution in [1.29, 1.82) is 0 Å². The monoisotopic (exact) mass is 245 g/mol. The van der Waals surface area contributed by atoms with Crippen molar-refractivity contribution in [3.05, 3.63) is 35.4 Å². The van der Waals surface area contributed by atoms with E-state index >= 15 is 0 Å². The van der Waals surface area contributed by atoms with E-state index in [1.807, 2.05) is 26.0 Å². The van der Waals surface area contributed by atoms with Crippen molar-refractivity contribution < 1.29 is 4.79 Å². The third kappa shape index (κ3) is 2.35. The molecule has 2 N–H and O–H groups in total. The molecule has 0 bridgehead atoms. The second kappa shape index (κ2) is 5.23. The van der Waals surface area contributed by atoms with Gasteiger partial charge in [0.2, 0.25) is 0 Å². The normalized spacial score (nSPS) is 19.1. The Labute approximate surface area is 110 Å². The average molecular weight is 245 g/mol. The lowest BCUT2D eigenvalue weighted by Crippen LogP contribution is -2.35. The number of rotatable bonds is 5. The first-order chi connectivity index (χ1) is 8.60. The Bertz CT molecular complexity index is 430. The summed E-state index contributed by atoms with van der Waals surface area (Å²) in [6.07, 6.45) is 4.63. The van der Waals surface area contributed by atoms with Crippen molar-refractivity contribution in [3.63, 3.8) is 0 Å². The predicted octanol–water partition coefficient (Wildman–Crippen LogP) is 3.51. The maximum absolute atomic E-state index is 12.5. The number of carbonyl (C=O) groups excluding carboxylic acids is 1. The molecule has 0 radical (unpaired) electrons. The number of Topliss-reactive ketones (excluding diaryl/α,β-unsaturated/α-hetero) is 1. The van der Waals surface area contributed by atoms with Gasteiger partial charge in [-0.1, -0.05) is 38.5 Å². The lowest BCUT2D eigenvalue weighted by Gasteiger charge is -2.28. The van der Waals surface area contributed by atoms with Gasteiger partial charge >= 0.3 is 0 Å². The van der Waals surface area contributed by atoms with Crippen LogP contribution >= 0.6 is 0 Å². The van der Waals surface area contributed by atoms with E-state index in [-0.39, 0.29) is 5.78 Å². The van der Waals surface area contributed by atoms with Gasteiger partial charge < -0.3 is 5.73 Å². The van der Waals surface area contributed by atoms with E-state index in [4.69, 9.17) is 5.73 Å². The first-order valence-electron chi connectivity index (χ1n) is 6.95. The molecule has 1 aromatic carbocycles. The minimum Gasteiger partial charge on any atom is -0.329 e. The van der Waals surface area contributed by atoms with E-state index in [1.165, 1.54) is 24.8 Å². The highest BCUT2D eigenvalue weighted by Gasteiger charge is 2.31. The molecule has 2 heteroatoms. The first-order valence-corrected chi connectivity index (χ1v) is 6.95. The molecule has 2 nitrogen and oxygen atoms in total. The number of carbonyl (C=O) groups is 1. The summed E-state index contributed by atoms with van der Waals surface area (Å²) in [5, 5.41) is 0. The molecule has 1 fully saturated rings. The standard InChI is InChI=1S/C16H23NO/c1-3-16(2,11-17)15(18)14-9-5-8-13(10-14)12-6-4-7-12/h5,8-10,12H,3-4,6-7,11,17H2,1-2H3. The first kappa shape index (κ1) is 13.3. The second-order valence-electron chi connectivity index (χ2n) is 5.70. The Morgan fingerprint density at radius 3 is 2.67 bits per heavy atom. The Morgan fingerprint density at radius 1 is 1.44 bits per heavy atom. The van der Waals surface area contributed by atoms with Crippen LogP contribution in [0.3, 0.4) is 0 Å². The van der Waals surface area contributed by atoms with Crippen LogP contribution in [0, 0.1) is 5.41 Å². The van der Waals surface area contributed by atoms with Crippen LogP contribution in [0.25, 0.3) is 0 Å². The third-order valence-corrected chi connectivity index (χ3v) is 4.50. The molecular weight excluding hydrogens is 222 g/mol. The molecule has 1 saturated carbocycles. The van der Waals surface area contributed by atoms with Crippen LogP contribution in [0.1, 0.15) is 61.4 Å². The van der Waals surface area contributed by atoms with Crippen molar-refractivity contribution >= 4 is 5.78 Å². The van der Waals surface area contributed by atoms with Gasteiger partial charge in [0, 0.05) is 17.5 Å². The maximum atomic E-state index is 12.5. The van der Waals surface area contributed by atoms with Crippen LogP contribution in [0.2, 0.25) is 0 Å². The zero-order valence-corrected chi connectivity index (χ0v) is 11.4. The van der Waals surface area contributed by atoms with E-state index < -0.39 is 5.41 Å². The van der Waals surface area contributed by atoms with Gasteiger partial charge in [-0.05, 0) is 36.8 Å². The fraction of sp³-hybridized carbons (Fsp3) is 0.562. The minimum atomic E-state index is -0.418. The summed E-state index contributed by atoms with van der Waals surface area (Å²) in [5.41, 5.74) is 7.50. The summed E-state index contributed by atoms with van der Waals surface area (Å²) < 4.78 is 0. The van der Waals surface area contributed by atoms with Gasteiger partial charge in [-0.15, -0.1) is 0 Å². The molecule has 0 spiro atoms. The van der Waals surface area contributed by atoms with Crippen LogP contribution in [-0.4, -0.2) is 12.3 Å². The molecular formula is C16H23NO. The zero-order valence-electron chi connectivity index (χ0n) is 11.4. The molecule has 0 aliphatic heterocycles. The number of ketones is 1. The molecule has 0 amide bonds. The Morgan fingerprint density at radius 2 is 2.17 bits per heavy atom. The summed E-state index contributed by atoms with van der Waals surface area (Å²) in [5.74, 6) is 0.859. The van der Waals surface area contributed by atoms with Gasteiger partial charge in [-0.2, -0.15) is 0 Å².